The number of carbonyl (C=O) groups is 1. The molecule has 1 saturated carbocycles. The first-order chi connectivity index (χ1) is 11.2. The van der Waals surface area contributed by atoms with Crippen LogP contribution in [0, 0.1) is 0 Å². The van der Waals surface area contributed by atoms with Gasteiger partial charge in [-0.1, -0.05) is 24.4 Å². The maximum absolute atomic E-state index is 12.3. The van der Waals surface area contributed by atoms with Gasteiger partial charge in [-0.15, -0.1) is 0 Å². The quantitative estimate of drug-likeness (QED) is 0.795. The molecule has 0 bridgehead atoms. The molecule has 2 aliphatic rings. The molecule has 1 aliphatic heterocycles. The van der Waals surface area contributed by atoms with Crippen LogP contribution in [0.25, 0.3) is 0 Å². The van der Waals surface area contributed by atoms with Crippen LogP contribution in [0.1, 0.15) is 49.0 Å². The lowest BCUT2D eigenvalue weighted by Crippen LogP contribution is -2.29. The minimum Gasteiger partial charge on any atom is -0.350 e. The SMILES string of the molecule is O=C(NCCSC1CCCC1)c1nc(N2CCCC2)ncc1Cl. The van der Waals surface area contributed by atoms with E-state index < -0.39 is 0 Å². The van der Waals surface area contributed by atoms with Crippen LogP contribution < -0.4 is 10.2 Å². The van der Waals surface area contributed by atoms with E-state index in [2.05, 4.69) is 20.2 Å². The van der Waals surface area contributed by atoms with Gasteiger partial charge in [-0.25, -0.2) is 9.97 Å². The zero-order valence-electron chi connectivity index (χ0n) is 13.3. The van der Waals surface area contributed by atoms with E-state index in [0.717, 1.165) is 36.9 Å². The van der Waals surface area contributed by atoms with E-state index >= 15 is 0 Å². The second kappa shape index (κ2) is 8.20. The topological polar surface area (TPSA) is 58.1 Å². The van der Waals surface area contributed by atoms with Crippen molar-refractivity contribution in [3.63, 3.8) is 0 Å². The molecule has 1 aliphatic carbocycles. The molecule has 1 aromatic rings. The second-order valence-corrected chi connectivity index (χ2v) is 7.91. The molecule has 5 nitrogen and oxygen atoms in total. The molecule has 1 saturated heterocycles. The number of anilines is 1. The highest BCUT2D eigenvalue weighted by atomic mass is 35.5. The Hall–Kier alpha value is -1.01. The largest absolute Gasteiger partial charge is 0.350 e. The van der Waals surface area contributed by atoms with E-state index in [4.69, 9.17) is 11.6 Å². The van der Waals surface area contributed by atoms with Gasteiger partial charge in [-0.3, -0.25) is 4.79 Å². The molecule has 0 aromatic carbocycles. The third kappa shape index (κ3) is 4.51. The minimum absolute atomic E-state index is 0.204. The second-order valence-electron chi connectivity index (χ2n) is 6.09. The Kier molecular flexibility index (Phi) is 6.00. The molecule has 0 unspecified atom stereocenters. The fourth-order valence-electron chi connectivity index (χ4n) is 3.12. The summed E-state index contributed by atoms with van der Waals surface area (Å²) >= 11 is 8.06. The molecule has 2 fully saturated rings. The summed E-state index contributed by atoms with van der Waals surface area (Å²) in [5.74, 6) is 1.35. The van der Waals surface area contributed by atoms with Crippen LogP contribution in [-0.2, 0) is 0 Å². The fraction of sp³-hybridized carbons (Fsp3) is 0.688. The third-order valence-electron chi connectivity index (χ3n) is 4.38. The Morgan fingerprint density at radius 3 is 2.78 bits per heavy atom. The number of carbonyl (C=O) groups excluding carboxylic acids is 1. The van der Waals surface area contributed by atoms with Crippen molar-refractivity contribution in [1.29, 1.82) is 0 Å². The summed E-state index contributed by atoms with van der Waals surface area (Å²) in [6, 6.07) is 0. The monoisotopic (exact) mass is 354 g/mol. The van der Waals surface area contributed by atoms with Gasteiger partial charge < -0.3 is 10.2 Å². The van der Waals surface area contributed by atoms with E-state index in [0.29, 0.717) is 17.5 Å². The molecule has 0 radical (unpaired) electrons. The van der Waals surface area contributed by atoms with Crippen molar-refractivity contribution in [2.45, 2.75) is 43.8 Å². The van der Waals surface area contributed by atoms with Gasteiger partial charge in [0, 0.05) is 30.6 Å². The molecular formula is C16H23ClN4OS. The zero-order valence-corrected chi connectivity index (χ0v) is 14.8. The van der Waals surface area contributed by atoms with Crippen molar-refractivity contribution in [3.05, 3.63) is 16.9 Å². The van der Waals surface area contributed by atoms with Crippen molar-refractivity contribution < 1.29 is 4.79 Å². The Bertz CT molecular complexity index is 545. The van der Waals surface area contributed by atoms with Crippen LogP contribution >= 0.6 is 23.4 Å². The molecule has 2 heterocycles. The molecule has 1 N–H and O–H groups in total. The maximum Gasteiger partial charge on any atom is 0.271 e. The van der Waals surface area contributed by atoms with Crippen LogP contribution in [0.5, 0.6) is 0 Å². The van der Waals surface area contributed by atoms with Crippen LogP contribution in [-0.4, -0.2) is 46.5 Å². The predicted molar refractivity (Wildman–Crippen MR) is 95.5 cm³/mol. The van der Waals surface area contributed by atoms with E-state index in [1.54, 1.807) is 0 Å². The lowest BCUT2D eigenvalue weighted by molar-refractivity contribution is 0.0951. The number of amides is 1. The number of nitrogens with zero attached hydrogens (tertiary/aromatic N) is 3. The average Bonchev–Trinajstić information content (AvgIpc) is 3.25. The molecule has 126 valence electrons. The molecule has 0 spiro atoms. The van der Waals surface area contributed by atoms with Gasteiger partial charge in [0.15, 0.2) is 5.69 Å². The van der Waals surface area contributed by atoms with Crippen LogP contribution in [0.2, 0.25) is 5.02 Å². The van der Waals surface area contributed by atoms with E-state index in [1.165, 1.54) is 31.9 Å². The molecule has 1 aromatic heterocycles. The molecule has 1 amide bonds. The highest BCUT2D eigenvalue weighted by Crippen LogP contribution is 2.28. The van der Waals surface area contributed by atoms with Gasteiger partial charge in [0.25, 0.3) is 5.91 Å². The molecule has 23 heavy (non-hydrogen) atoms. The van der Waals surface area contributed by atoms with Gasteiger partial charge in [-0.2, -0.15) is 11.8 Å². The van der Waals surface area contributed by atoms with Gasteiger partial charge >= 0.3 is 0 Å². The highest BCUT2D eigenvalue weighted by molar-refractivity contribution is 7.99. The number of hydrogen-bond donors (Lipinski definition) is 1. The van der Waals surface area contributed by atoms with Crippen molar-refractivity contribution >= 4 is 35.2 Å². The smallest absolute Gasteiger partial charge is 0.271 e. The first-order valence-electron chi connectivity index (χ1n) is 8.41. The van der Waals surface area contributed by atoms with E-state index in [1.807, 2.05) is 11.8 Å². The van der Waals surface area contributed by atoms with Crippen molar-refractivity contribution in [2.24, 2.45) is 0 Å². The number of hydrogen-bond acceptors (Lipinski definition) is 5. The highest BCUT2D eigenvalue weighted by Gasteiger charge is 2.20. The van der Waals surface area contributed by atoms with Crippen LogP contribution in [0.4, 0.5) is 5.95 Å². The molecule has 0 atom stereocenters. The third-order valence-corrected chi connectivity index (χ3v) is 6.04. The van der Waals surface area contributed by atoms with Crippen LogP contribution in [0.3, 0.4) is 0 Å². The Morgan fingerprint density at radius 2 is 2.04 bits per heavy atom. The minimum atomic E-state index is -0.204. The molecule has 7 heteroatoms. The van der Waals surface area contributed by atoms with Gasteiger partial charge in [0.2, 0.25) is 5.95 Å². The normalized spacial score (nSPS) is 18.6. The Morgan fingerprint density at radius 1 is 1.30 bits per heavy atom. The average molecular weight is 355 g/mol. The van der Waals surface area contributed by atoms with E-state index in [9.17, 15) is 4.79 Å². The van der Waals surface area contributed by atoms with Crippen molar-refractivity contribution in [2.75, 3.05) is 30.3 Å². The number of nitrogens with one attached hydrogen (secondary N) is 1. The molecular weight excluding hydrogens is 332 g/mol. The van der Waals surface area contributed by atoms with Gasteiger partial charge in [0.1, 0.15) is 0 Å². The summed E-state index contributed by atoms with van der Waals surface area (Å²) in [6.07, 6.45) is 9.15. The number of aromatic nitrogens is 2. The summed E-state index contributed by atoms with van der Waals surface area (Å²) in [6.45, 7) is 2.54. The summed E-state index contributed by atoms with van der Waals surface area (Å²) in [5, 5.41) is 4.02. The number of thioether (sulfide) groups is 1. The van der Waals surface area contributed by atoms with Gasteiger partial charge in [0.05, 0.1) is 11.2 Å². The first kappa shape index (κ1) is 16.8. The number of halogens is 1. The maximum atomic E-state index is 12.3. The summed E-state index contributed by atoms with van der Waals surface area (Å²) < 4.78 is 0. The zero-order chi connectivity index (χ0) is 16.1. The van der Waals surface area contributed by atoms with Crippen molar-refractivity contribution in [3.8, 4) is 0 Å². The lowest BCUT2D eigenvalue weighted by atomic mass is 10.3. The summed E-state index contributed by atoms with van der Waals surface area (Å²) in [7, 11) is 0. The number of rotatable bonds is 6. The first-order valence-corrected chi connectivity index (χ1v) is 9.84. The Labute approximate surface area is 146 Å². The van der Waals surface area contributed by atoms with E-state index in [-0.39, 0.29) is 11.6 Å². The van der Waals surface area contributed by atoms with Crippen molar-refractivity contribution in [1.82, 2.24) is 15.3 Å². The summed E-state index contributed by atoms with van der Waals surface area (Å²) in [4.78, 5) is 23.0. The van der Waals surface area contributed by atoms with Crippen LogP contribution in [0.15, 0.2) is 6.20 Å². The lowest BCUT2D eigenvalue weighted by Gasteiger charge is -2.16. The standard InChI is InChI=1S/C16H23ClN4OS/c17-13-11-19-16(21-8-3-4-9-21)20-14(13)15(22)18-7-10-23-12-5-1-2-6-12/h11-12H,1-10H2,(H,18,22). The Balaban J connectivity index is 1.52. The fourth-order valence-corrected chi connectivity index (χ4v) is 4.51. The molecule has 3 rings (SSSR count). The summed E-state index contributed by atoms with van der Waals surface area (Å²) in [5.41, 5.74) is 0.287. The van der Waals surface area contributed by atoms with Gasteiger partial charge in [-0.05, 0) is 25.7 Å². The predicted octanol–water partition coefficient (Wildman–Crippen LogP) is 3.14.